The lowest BCUT2D eigenvalue weighted by atomic mass is 10.3. The summed E-state index contributed by atoms with van der Waals surface area (Å²) in [7, 11) is 0. The van der Waals surface area contributed by atoms with Gasteiger partial charge in [-0.3, -0.25) is 0 Å². The molecule has 0 atom stereocenters. The van der Waals surface area contributed by atoms with Crippen molar-refractivity contribution in [3.63, 3.8) is 0 Å². The van der Waals surface area contributed by atoms with E-state index in [1.165, 1.54) is 11.8 Å². The summed E-state index contributed by atoms with van der Waals surface area (Å²) in [6.07, 6.45) is 1.90. The SMILES string of the molecule is CSc1nc(NN)cc(Nc2ccc(Cl)cc2)n1. The highest BCUT2D eigenvalue weighted by atomic mass is 35.5. The summed E-state index contributed by atoms with van der Waals surface area (Å²) in [5.74, 6) is 6.59. The van der Waals surface area contributed by atoms with Crippen LogP contribution in [0.4, 0.5) is 17.3 Å². The second-order valence-corrected chi connectivity index (χ2v) is 4.61. The number of hydrogen-bond acceptors (Lipinski definition) is 6. The Kier molecular flexibility index (Phi) is 4.24. The van der Waals surface area contributed by atoms with E-state index in [0.29, 0.717) is 21.8 Å². The minimum atomic E-state index is 0.561. The standard InChI is InChI=1S/C11H12ClN5S/c1-18-11-15-9(6-10(16-11)17-13)14-8-4-2-7(12)3-5-8/h2-6H,13H2,1H3,(H2,14,15,16,17). The number of nitrogen functional groups attached to an aromatic ring is 1. The van der Waals surface area contributed by atoms with Crippen LogP contribution in [-0.2, 0) is 0 Å². The molecule has 0 fully saturated rings. The highest BCUT2D eigenvalue weighted by molar-refractivity contribution is 7.98. The number of hydrogen-bond donors (Lipinski definition) is 3. The topological polar surface area (TPSA) is 75.9 Å². The number of aromatic nitrogens is 2. The molecule has 0 saturated heterocycles. The first-order valence-electron chi connectivity index (χ1n) is 5.13. The first kappa shape index (κ1) is 12.9. The molecule has 5 nitrogen and oxygen atoms in total. The maximum Gasteiger partial charge on any atom is 0.191 e. The second kappa shape index (κ2) is 5.90. The van der Waals surface area contributed by atoms with Crippen molar-refractivity contribution >= 4 is 40.7 Å². The number of nitrogens with one attached hydrogen (secondary N) is 2. The Morgan fingerprint density at radius 2 is 1.83 bits per heavy atom. The lowest BCUT2D eigenvalue weighted by molar-refractivity contribution is 0.971. The summed E-state index contributed by atoms with van der Waals surface area (Å²) < 4.78 is 0. The van der Waals surface area contributed by atoms with E-state index in [2.05, 4.69) is 20.7 Å². The van der Waals surface area contributed by atoms with E-state index in [9.17, 15) is 0 Å². The van der Waals surface area contributed by atoms with Gasteiger partial charge in [-0.25, -0.2) is 15.8 Å². The minimum Gasteiger partial charge on any atom is -0.340 e. The molecular weight excluding hydrogens is 270 g/mol. The van der Waals surface area contributed by atoms with Gasteiger partial charge in [-0.05, 0) is 30.5 Å². The Morgan fingerprint density at radius 1 is 1.17 bits per heavy atom. The molecule has 0 aliphatic rings. The third kappa shape index (κ3) is 3.25. The molecular formula is C11H12ClN5S. The number of nitrogens with zero attached hydrogens (tertiary/aromatic N) is 2. The number of rotatable bonds is 4. The van der Waals surface area contributed by atoms with Crippen molar-refractivity contribution in [3.8, 4) is 0 Å². The summed E-state index contributed by atoms with van der Waals surface area (Å²) in [6.45, 7) is 0. The molecule has 0 spiro atoms. The number of hydrazine groups is 1. The molecule has 0 unspecified atom stereocenters. The Hall–Kier alpha value is -1.50. The molecule has 2 rings (SSSR count). The van der Waals surface area contributed by atoms with Gasteiger partial charge in [0.05, 0.1) is 0 Å². The third-order valence-corrected chi connectivity index (χ3v) is 2.95. The largest absolute Gasteiger partial charge is 0.340 e. The molecule has 0 saturated carbocycles. The third-order valence-electron chi connectivity index (χ3n) is 2.15. The number of halogens is 1. The van der Waals surface area contributed by atoms with Crippen LogP contribution in [0.2, 0.25) is 5.02 Å². The first-order valence-corrected chi connectivity index (χ1v) is 6.74. The van der Waals surface area contributed by atoms with Crippen LogP contribution in [0.15, 0.2) is 35.5 Å². The van der Waals surface area contributed by atoms with E-state index >= 15 is 0 Å². The zero-order chi connectivity index (χ0) is 13.0. The zero-order valence-electron chi connectivity index (χ0n) is 9.64. The van der Waals surface area contributed by atoms with Crippen molar-refractivity contribution in [2.24, 2.45) is 5.84 Å². The van der Waals surface area contributed by atoms with Crippen LogP contribution in [0.5, 0.6) is 0 Å². The fourth-order valence-electron chi connectivity index (χ4n) is 1.34. The molecule has 0 aliphatic heterocycles. The summed E-state index contributed by atoms with van der Waals surface area (Å²) in [5.41, 5.74) is 3.41. The van der Waals surface area contributed by atoms with Gasteiger partial charge in [-0.1, -0.05) is 23.4 Å². The van der Waals surface area contributed by atoms with Gasteiger partial charge in [0.2, 0.25) is 0 Å². The van der Waals surface area contributed by atoms with Crippen LogP contribution in [0.1, 0.15) is 0 Å². The maximum atomic E-state index is 5.83. The van der Waals surface area contributed by atoms with Gasteiger partial charge >= 0.3 is 0 Å². The Balaban J connectivity index is 2.25. The van der Waals surface area contributed by atoms with Crippen LogP contribution in [-0.4, -0.2) is 16.2 Å². The van der Waals surface area contributed by atoms with Crippen LogP contribution in [0.25, 0.3) is 0 Å². The molecule has 4 N–H and O–H groups in total. The highest BCUT2D eigenvalue weighted by Gasteiger charge is 2.03. The zero-order valence-corrected chi connectivity index (χ0v) is 11.2. The molecule has 1 heterocycles. The molecule has 94 valence electrons. The average Bonchev–Trinajstić information content (AvgIpc) is 2.41. The Morgan fingerprint density at radius 3 is 2.44 bits per heavy atom. The quantitative estimate of drug-likeness (QED) is 0.346. The Labute approximate surface area is 114 Å². The van der Waals surface area contributed by atoms with Crippen LogP contribution in [0.3, 0.4) is 0 Å². The summed E-state index contributed by atoms with van der Waals surface area (Å²) in [4.78, 5) is 8.51. The predicted octanol–water partition coefficient (Wildman–Crippen LogP) is 2.88. The van der Waals surface area contributed by atoms with Gasteiger partial charge < -0.3 is 10.7 Å². The van der Waals surface area contributed by atoms with Crippen molar-refractivity contribution in [2.45, 2.75) is 5.16 Å². The normalized spacial score (nSPS) is 10.2. The van der Waals surface area contributed by atoms with Crippen molar-refractivity contribution in [1.29, 1.82) is 0 Å². The first-order chi connectivity index (χ1) is 8.71. The highest BCUT2D eigenvalue weighted by Crippen LogP contribution is 2.21. The van der Waals surface area contributed by atoms with Crippen molar-refractivity contribution < 1.29 is 0 Å². The van der Waals surface area contributed by atoms with Crippen LogP contribution in [0, 0.1) is 0 Å². The van der Waals surface area contributed by atoms with Crippen molar-refractivity contribution in [3.05, 3.63) is 35.4 Å². The Bertz CT molecular complexity index is 509. The van der Waals surface area contributed by atoms with Gasteiger partial charge in [-0.15, -0.1) is 0 Å². The average molecular weight is 282 g/mol. The van der Waals surface area contributed by atoms with E-state index in [4.69, 9.17) is 17.4 Å². The monoisotopic (exact) mass is 281 g/mol. The van der Waals surface area contributed by atoms with Gasteiger partial charge in [0.1, 0.15) is 11.6 Å². The van der Waals surface area contributed by atoms with E-state index in [0.717, 1.165) is 5.69 Å². The molecule has 7 heteroatoms. The number of thioether (sulfide) groups is 1. The van der Waals surface area contributed by atoms with Crippen LogP contribution >= 0.6 is 23.4 Å². The summed E-state index contributed by atoms with van der Waals surface area (Å²) in [5, 5.41) is 4.49. The second-order valence-electron chi connectivity index (χ2n) is 3.40. The predicted molar refractivity (Wildman–Crippen MR) is 76.4 cm³/mol. The number of anilines is 3. The van der Waals surface area contributed by atoms with Crippen molar-refractivity contribution in [1.82, 2.24) is 9.97 Å². The summed E-state index contributed by atoms with van der Waals surface area (Å²) in [6, 6.07) is 9.09. The van der Waals surface area contributed by atoms with Crippen LogP contribution < -0.4 is 16.6 Å². The molecule has 0 amide bonds. The fourth-order valence-corrected chi connectivity index (χ4v) is 1.84. The lowest BCUT2D eigenvalue weighted by Gasteiger charge is -2.08. The summed E-state index contributed by atoms with van der Waals surface area (Å²) >= 11 is 7.27. The minimum absolute atomic E-state index is 0.561. The number of benzene rings is 1. The smallest absolute Gasteiger partial charge is 0.191 e. The van der Waals surface area contributed by atoms with Gasteiger partial charge in [0.25, 0.3) is 0 Å². The molecule has 2 aromatic rings. The van der Waals surface area contributed by atoms with Crippen molar-refractivity contribution in [2.75, 3.05) is 17.0 Å². The van der Waals surface area contributed by atoms with Gasteiger partial charge in [0, 0.05) is 16.8 Å². The fraction of sp³-hybridized carbons (Fsp3) is 0.0909. The van der Waals surface area contributed by atoms with E-state index in [1.54, 1.807) is 6.07 Å². The molecule has 0 radical (unpaired) electrons. The maximum absolute atomic E-state index is 5.83. The van der Waals surface area contributed by atoms with E-state index in [1.807, 2.05) is 30.5 Å². The van der Waals surface area contributed by atoms with Gasteiger partial charge in [0.15, 0.2) is 5.16 Å². The van der Waals surface area contributed by atoms with Gasteiger partial charge in [-0.2, -0.15) is 0 Å². The molecule has 0 bridgehead atoms. The molecule has 0 aliphatic carbocycles. The van der Waals surface area contributed by atoms with E-state index in [-0.39, 0.29) is 0 Å². The number of nitrogens with two attached hydrogens (primary N) is 1. The lowest BCUT2D eigenvalue weighted by Crippen LogP contribution is -2.10. The van der Waals surface area contributed by atoms with E-state index < -0.39 is 0 Å². The molecule has 1 aromatic carbocycles. The molecule has 18 heavy (non-hydrogen) atoms. The molecule has 1 aromatic heterocycles.